The van der Waals surface area contributed by atoms with Gasteiger partial charge in [-0.25, -0.2) is 4.79 Å². The first-order chi connectivity index (χ1) is 19.8. The number of carbonyl (C=O) groups is 2. The van der Waals surface area contributed by atoms with Crippen LogP contribution in [-0.2, 0) is 6.54 Å². The van der Waals surface area contributed by atoms with E-state index in [9.17, 15) is 14.7 Å². The van der Waals surface area contributed by atoms with Crippen LogP contribution in [0.15, 0.2) is 85.1 Å². The Labute approximate surface area is 239 Å². The van der Waals surface area contributed by atoms with Crippen molar-refractivity contribution in [2.45, 2.75) is 52.1 Å². The molecule has 1 unspecified atom stereocenters. The molecule has 2 aromatic heterocycles. The molecule has 5 aromatic rings. The molecule has 1 fully saturated rings. The summed E-state index contributed by atoms with van der Waals surface area (Å²) < 4.78 is 2.27. The van der Waals surface area contributed by atoms with E-state index in [0.29, 0.717) is 29.2 Å². The standard InChI is InChI=1S/C35H33N3O3/c1-21-23(3)38(20-24-8-10-25(11-9-24)29-6-4-5-7-30(29)35(40)41)33-15-14-28(18-31(21)33)34(39)37-22(2)27-16-17-36-32(19-27)26-12-13-26/h4-11,14-19,22,26H,12-13,20H2,1-3H3,(H,37,39)(H,40,41). The first-order valence-electron chi connectivity index (χ1n) is 14.1. The number of aromatic carboxylic acids is 1. The minimum absolute atomic E-state index is 0.0915. The summed E-state index contributed by atoms with van der Waals surface area (Å²) in [6.45, 7) is 6.89. The highest BCUT2D eigenvalue weighted by Gasteiger charge is 2.25. The number of rotatable bonds is 8. The third-order valence-corrected chi connectivity index (χ3v) is 8.31. The number of pyridine rings is 1. The fraction of sp³-hybridized carbons (Fsp3) is 0.229. The van der Waals surface area contributed by atoms with E-state index in [1.807, 2.05) is 73.8 Å². The molecule has 1 aliphatic carbocycles. The van der Waals surface area contributed by atoms with Gasteiger partial charge in [-0.1, -0.05) is 42.5 Å². The monoisotopic (exact) mass is 543 g/mol. The van der Waals surface area contributed by atoms with E-state index in [2.05, 4.69) is 34.8 Å². The van der Waals surface area contributed by atoms with Crippen molar-refractivity contribution in [2.24, 2.45) is 0 Å². The predicted molar refractivity (Wildman–Crippen MR) is 161 cm³/mol. The Morgan fingerprint density at radius 1 is 1.00 bits per heavy atom. The molecule has 1 atom stereocenters. The van der Waals surface area contributed by atoms with Crippen LogP contribution in [0.25, 0.3) is 22.0 Å². The first-order valence-corrected chi connectivity index (χ1v) is 14.1. The second-order valence-corrected chi connectivity index (χ2v) is 11.1. The van der Waals surface area contributed by atoms with Crippen LogP contribution in [0.2, 0.25) is 0 Å². The SMILES string of the molecule is Cc1c(C)n(Cc2ccc(-c3ccccc3C(=O)O)cc2)c2ccc(C(=O)NC(C)c3ccnc(C4CC4)c3)cc12. The summed E-state index contributed by atoms with van der Waals surface area (Å²) in [7, 11) is 0. The summed E-state index contributed by atoms with van der Waals surface area (Å²) in [6.07, 6.45) is 4.24. The van der Waals surface area contributed by atoms with Gasteiger partial charge in [-0.2, -0.15) is 0 Å². The molecule has 6 rings (SSSR count). The number of hydrogen-bond acceptors (Lipinski definition) is 3. The second-order valence-electron chi connectivity index (χ2n) is 11.1. The lowest BCUT2D eigenvalue weighted by atomic mass is 9.99. The number of nitrogens with zero attached hydrogens (tertiary/aromatic N) is 2. The van der Waals surface area contributed by atoms with Crippen molar-refractivity contribution in [1.29, 1.82) is 0 Å². The lowest BCUT2D eigenvalue weighted by molar-refractivity contribution is 0.0697. The van der Waals surface area contributed by atoms with Crippen molar-refractivity contribution < 1.29 is 14.7 Å². The molecule has 1 amide bonds. The zero-order valence-corrected chi connectivity index (χ0v) is 23.5. The summed E-state index contributed by atoms with van der Waals surface area (Å²) in [4.78, 5) is 29.4. The molecule has 41 heavy (non-hydrogen) atoms. The van der Waals surface area contributed by atoms with Gasteiger partial charge in [-0.05, 0) is 97.8 Å². The topological polar surface area (TPSA) is 84.2 Å². The molecule has 1 saturated carbocycles. The van der Waals surface area contributed by atoms with E-state index < -0.39 is 5.97 Å². The number of amides is 1. The van der Waals surface area contributed by atoms with E-state index in [-0.39, 0.29) is 11.9 Å². The molecule has 0 bridgehead atoms. The van der Waals surface area contributed by atoms with Gasteiger partial charge in [0.15, 0.2) is 0 Å². The molecule has 1 aliphatic rings. The van der Waals surface area contributed by atoms with E-state index in [4.69, 9.17) is 0 Å². The predicted octanol–water partition coefficient (Wildman–Crippen LogP) is 7.44. The van der Waals surface area contributed by atoms with Crippen LogP contribution in [0.5, 0.6) is 0 Å². The normalized spacial score (nSPS) is 13.7. The van der Waals surface area contributed by atoms with Crippen molar-refractivity contribution in [3.05, 3.63) is 124 Å². The maximum absolute atomic E-state index is 13.2. The van der Waals surface area contributed by atoms with Crippen LogP contribution in [0.3, 0.4) is 0 Å². The zero-order chi connectivity index (χ0) is 28.7. The molecule has 6 heteroatoms. The summed E-state index contributed by atoms with van der Waals surface area (Å²) in [5.41, 5.74) is 9.20. The number of aromatic nitrogens is 2. The number of carboxylic acids is 1. The van der Waals surface area contributed by atoms with E-state index in [0.717, 1.165) is 44.5 Å². The van der Waals surface area contributed by atoms with Crippen molar-refractivity contribution >= 4 is 22.8 Å². The maximum atomic E-state index is 13.2. The molecule has 3 aromatic carbocycles. The molecule has 0 radical (unpaired) electrons. The van der Waals surface area contributed by atoms with Crippen molar-refractivity contribution in [1.82, 2.24) is 14.9 Å². The average Bonchev–Trinajstić information content (AvgIpc) is 3.82. The summed E-state index contributed by atoms with van der Waals surface area (Å²) in [5, 5.41) is 13.8. The highest BCUT2D eigenvalue weighted by Crippen LogP contribution is 2.39. The summed E-state index contributed by atoms with van der Waals surface area (Å²) in [6, 6.07) is 25.0. The molecule has 0 aliphatic heterocycles. The lowest BCUT2D eigenvalue weighted by Gasteiger charge is -2.15. The molecular formula is C35H33N3O3. The first kappa shape index (κ1) is 26.5. The number of carbonyl (C=O) groups excluding carboxylic acids is 1. The van der Waals surface area contributed by atoms with Crippen LogP contribution >= 0.6 is 0 Å². The van der Waals surface area contributed by atoms with Gasteiger partial charge in [0, 0.05) is 46.5 Å². The number of carboxylic acid groups (broad SMARTS) is 1. The largest absolute Gasteiger partial charge is 0.478 e. The van der Waals surface area contributed by atoms with Gasteiger partial charge >= 0.3 is 5.97 Å². The molecule has 6 nitrogen and oxygen atoms in total. The van der Waals surface area contributed by atoms with Crippen molar-refractivity contribution in [3.63, 3.8) is 0 Å². The number of aryl methyl sites for hydroxylation is 1. The van der Waals surface area contributed by atoms with Gasteiger partial charge in [0.05, 0.1) is 11.6 Å². The third-order valence-electron chi connectivity index (χ3n) is 8.31. The Hall–Kier alpha value is -4.71. The molecular weight excluding hydrogens is 510 g/mol. The van der Waals surface area contributed by atoms with Crippen molar-refractivity contribution in [3.8, 4) is 11.1 Å². The number of benzene rings is 3. The molecule has 206 valence electrons. The number of nitrogens with one attached hydrogen (secondary N) is 1. The van der Waals surface area contributed by atoms with Gasteiger partial charge < -0.3 is 15.0 Å². The summed E-state index contributed by atoms with van der Waals surface area (Å²) in [5.74, 6) is -0.453. The van der Waals surface area contributed by atoms with Gasteiger partial charge in [-0.15, -0.1) is 0 Å². The summed E-state index contributed by atoms with van der Waals surface area (Å²) >= 11 is 0. The quantitative estimate of drug-likeness (QED) is 0.213. The fourth-order valence-electron chi connectivity index (χ4n) is 5.59. The zero-order valence-electron chi connectivity index (χ0n) is 23.5. The Kier molecular flexibility index (Phi) is 6.91. The highest BCUT2D eigenvalue weighted by atomic mass is 16.4. The van der Waals surface area contributed by atoms with Gasteiger partial charge in [-0.3, -0.25) is 9.78 Å². The van der Waals surface area contributed by atoms with Gasteiger partial charge in [0.25, 0.3) is 5.91 Å². The second kappa shape index (κ2) is 10.7. The molecule has 2 heterocycles. The number of hydrogen-bond donors (Lipinski definition) is 2. The molecule has 2 N–H and O–H groups in total. The van der Waals surface area contributed by atoms with Crippen LogP contribution < -0.4 is 5.32 Å². The number of fused-ring (bicyclic) bond motifs is 1. The van der Waals surface area contributed by atoms with Gasteiger partial charge in [0.2, 0.25) is 0 Å². The van der Waals surface area contributed by atoms with Crippen LogP contribution in [0.1, 0.15) is 80.5 Å². The van der Waals surface area contributed by atoms with Crippen LogP contribution in [0, 0.1) is 13.8 Å². The lowest BCUT2D eigenvalue weighted by Crippen LogP contribution is -2.26. The van der Waals surface area contributed by atoms with Crippen LogP contribution in [0.4, 0.5) is 0 Å². The smallest absolute Gasteiger partial charge is 0.336 e. The van der Waals surface area contributed by atoms with Crippen LogP contribution in [-0.4, -0.2) is 26.5 Å². The van der Waals surface area contributed by atoms with Gasteiger partial charge in [0.1, 0.15) is 0 Å². The minimum Gasteiger partial charge on any atom is -0.478 e. The highest BCUT2D eigenvalue weighted by molar-refractivity contribution is 5.99. The van der Waals surface area contributed by atoms with E-state index >= 15 is 0 Å². The average molecular weight is 544 g/mol. The molecule has 0 spiro atoms. The Morgan fingerprint density at radius 3 is 2.49 bits per heavy atom. The molecule has 0 saturated heterocycles. The Bertz CT molecular complexity index is 1780. The third kappa shape index (κ3) is 5.25. The fourth-order valence-corrected chi connectivity index (χ4v) is 5.59. The van der Waals surface area contributed by atoms with E-state index in [1.54, 1.807) is 12.1 Å². The maximum Gasteiger partial charge on any atom is 0.336 e. The van der Waals surface area contributed by atoms with Crippen molar-refractivity contribution in [2.75, 3.05) is 0 Å². The van der Waals surface area contributed by atoms with E-state index in [1.165, 1.54) is 12.8 Å². The Morgan fingerprint density at radius 2 is 1.76 bits per heavy atom. The minimum atomic E-state index is -0.933. The Balaban J connectivity index is 1.22.